The van der Waals surface area contributed by atoms with E-state index in [1.54, 1.807) is 0 Å². The smallest absolute Gasteiger partial charge is 0.0667 e. The Kier molecular flexibility index (Phi) is 25.2. The quantitative estimate of drug-likeness (QED) is 0.0734. The standard InChI is InChI=1S/C32H71N5O2/c1-25(2)17-27(5)19-29(7)21-31(38)23-36-15-13-34-11-9-33-10-12-35-14-16-37-24-32(39)22-30(8)20-28(6)18-26(3)4/h25-39H,9-24H2,1-8H3. The van der Waals surface area contributed by atoms with Gasteiger partial charge in [-0.25, -0.2) is 0 Å². The Morgan fingerprint density at radius 3 is 0.897 bits per heavy atom. The molecule has 236 valence electrons. The van der Waals surface area contributed by atoms with E-state index >= 15 is 0 Å². The van der Waals surface area contributed by atoms with Crippen molar-refractivity contribution in [1.29, 1.82) is 0 Å². The van der Waals surface area contributed by atoms with Crippen molar-refractivity contribution < 1.29 is 10.2 Å². The molecule has 39 heavy (non-hydrogen) atoms. The zero-order chi connectivity index (χ0) is 29.5. The maximum atomic E-state index is 10.3. The molecule has 7 N–H and O–H groups in total. The Labute approximate surface area is 243 Å². The normalized spacial score (nSPS) is 16.9. The van der Waals surface area contributed by atoms with Crippen molar-refractivity contribution in [1.82, 2.24) is 26.6 Å². The molecule has 0 spiro atoms. The summed E-state index contributed by atoms with van der Waals surface area (Å²) in [6.07, 6.45) is 6.23. The molecular formula is C32H71N5O2. The van der Waals surface area contributed by atoms with E-state index in [-0.39, 0.29) is 12.2 Å². The number of rotatable bonds is 28. The van der Waals surface area contributed by atoms with Crippen LogP contribution in [0.3, 0.4) is 0 Å². The van der Waals surface area contributed by atoms with Crippen LogP contribution in [0, 0.1) is 35.5 Å². The van der Waals surface area contributed by atoms with Gasteiger partial charge in [-0.2, -0.15) is 0 Å². The van der Waals surface area contributed by atoms with E-state index in [9.17, 15) is 10.2 Å². The van der Waals surface area contributed by atoms with Crippen molar-refractivity contribution in [2.45, 2.75) is 106 Å². The number of nitrogens with one attached hydrogen (secondary N) is 5. The zero-order valence-electron chi connectivity index (χ0n) is 27.3. The SMILES string of the molecule is CC(C)CC(C)CC(C)CC(O)CNCCNCCNCCNCCNCC(O)CC(C)CC(C)CC(C)C. The fraction of sp³-hybridized carbons (Fsp3) is 1.00. The summed E-state index contributed by atoms with van der Waals surface area (Å²) in [6.45, 7) is 27.1. The molecule has 0 amide bonds. The van der Waals surface area contributed by atoms with Crippen molar-refractivity contribution in [2.24, 2.45) is 35.5 Å². The van der Waals surface area contributed by atoms with Gasteiger partial charge in [-0.15, -0.1) is 0 Å². The van der Waals surface area contributed by atoms with Crippen molar-refractivity contribution in [2.75, 3.05) is 65.4 Å². The van der Waals surface area contributed by atoms with Gasteiger partial charge in [-0.05, 0) is 74.0 Å². The molecular weight excluding hydrogens is 486 g/mol. The maximum absolute atomic E-state index is 10.3. The van der Waals surface area contributed by atoms with E-state index in [2.05, 4.69) is 82.0 Å². The van der Waals surface area contributed by atoms with Crippen LogP contribution in [0.4, 0.5) is 0 Å². The molecule has 0 radical (unpaired) electrons. The second kappa shape index (κ2) is 25.4. The number of aliphatic hydroxyl groups excluding tert-OH is 2. The number of hydrogen-bond acceptors (Lipinski definition) is 7. The van der Waals surface area contributed by atoms with Gasteiger partial charge in [0.15, 0.2) is 0 Å². The topological polar surface area (TPSA) is 101 Å². The van der Waals surface area contributed by atoms with Crippen LogP contribution >= 0.6 is 0 Å². The van der Waals surface area contributed by atoms with Gasteiger partial charge in [0.1, 0.15) is 0 Å². The van der Waals surface area contributed by atoms with Crippen molar-refractivity contribution in [3.63, 3.8) is 0 Å². The fourth-order valence-corrected chi connectivity index (χ4v) is 6.08. The number of aliphatic hydroxyl groups is 2. The second-order valence-corrected chi connectivity index (χ2v) is 13.6. The zero-order valence-corrected chi connectivity index (χ0v) is 27.3. The summed E-state index contributed by atoms with van der Waals surface area (Å²) < 4.78 is 0. The molecule has 6 atom stereocenters. The fourth-order valence-electron chi connectivity index (χ4n) is 6.08. The lowest BCUT2D eigenvalue weighted by molar-refractivity contribution is 0.136. The Morgan fingerprint density at radius 2 is 0.615 bits per heavy atom. The summed E-state index contributed by atoms with van der Waals surface area (Å²) in [5.41, 5.74) is 0. The molecule has 0 aromatic carbocycles. The molecule has 0 saturated heterocycles. The molecule has 0 rings (SSSR count). The number of hydrogen-bond donors (Lipinski definition) is 7. The van der Waals surface area contributed by atoms with E-state index in [1.807, 2.05) is 0 Å². The van der Waals surface area contributed by atoms with Crippen LogP contribution in [0.5, 0.6) is 0 Å². The summed E-state index contributed by atoms with van der Waals surface area (Å²) in [4.78, 5) is 0. The first-order valence-electron chi connectivity index (χ1n) is 16.4. The molecule has 0 fully saturated rings. The molecule has 0 heterocycles. The van der Waals surface area contributed by atoms with Crippen molar-refractivity contribution in [3.05, 3.63) is 0 Å². The third-order valence-electron chi connectivity index (χ3n) is 7.38. The third kappa shape index (κ3) is 27.7. The van der Waals surface area contributed by atoms with Gasteiger partial charge in [0.2, 0.25) is 0 Å². The van der Waals surface area contributed by atoms with E-state index in [1.165, 1.54) is 25.7 Å². The molecule has 0 aromatic rings. The van der Waals surface area contributed by atoms with Gasteiger partial charge < -0.3 is 36.8 Å². The molecule has 0 saturated carbocycles. The lowest BCUT2D eigenvalue weighted by Gasteiger charge is -2.21. The molecule has 6 unspecified atom stereocenters. The minimum Gasteiger partial charge on any atom is -0.392 e. The van der Waals surface area contributed by atoms with Crippen LogP contribution in [0.2, 0.25) is 0 Å². The van der Waals surface area contributed by atoms with Crippen molar-refractivity contribution >= 4 is 0 Å². The van der Waals surface area contributed by atoms with Gasteiger partial charge in [0, 0.05) is 65.4 Å². The summed E-state index contributed by atoms with van der Waals surface area (Å²) >= 11 is 0. The largest absolute Gasteiger partial charge is 0.392 e. The molecule has 0 aliphatic carbocycles. The molecule has 0 bridgehead atoms. The second-order valence-electron chi connectivity index (χ2n) is 13.6. The van der Waals surface area contributed by atoms with E-state index < -0.39 is 0 Å². The Morgan fingerprint density at radius 1 is 0.359 bits per heavy atom. The first kappa shape index (κ1) is 38.7. The summed E-state index contributed by atoms with van der Waals surface area (Å²) in [6, 6.07) is 0. The Bertz CT molecular complexity index is 479. The Balaban J connectivity index is 3.45. The highest BCUT2D eigenvalue weighted by molar-refractivity contribution is 4.69. The first-order valence-corrected chi connectivity index (χ1v) is 16.4. The highest BCUT2D eigenvalue weighted by Crippen LogP contribution is 2.23. The first-order chi connectivity index (χ1) is 18.5. The molecule has 0 aromatic heterocycles. The van der Waals surface area contributed by atoms with Crippen LogP contribution in [-0.4, -0.2) is 87.9 Å². The van der Waals surface area contributed by atoms with E-state index in [4.69, 9.17) is 0 Å². The van der Waals surface area contributed by atoms with Crippen LogP contribution in [0.1, 0.15) is 93.9 Å². The average Bonchev–Trinajstić information content (AvgIpc) is 2.79. The minimum absolute atomic E-state index is 0.252. The summed E-state index contributed by atoms with van der Waals surface area (Å²) in [5, 5.41) is 37.7. The van der Waals surface area contributed by atoms with Gasteiger partial charge in [-0.1, -0.05) is 55.4 Å². The van der Waals surface area contributed by atoms with Gasteiger partial charge in [0.05, 0.1) is 12.2 Å². The summed E-state index contributed by atoms with van der Waals surface area (Å²) in [5.74, 6) is 4.14. The maximum Gasteiger partial charge on any atom is 0.0667 e. The molecule has 7 nitrogen and oxygen atoms in total. The Hall–Kier alpha value is -0.280. The van der Waals surface area contributed by atoms with Gasteiger partial charge in [-0.3, -0.25) is 0 Å². The van der Waals surface area contributed by atoms with E-state index in [0.717, 1.165) is 88.9 Å². The van der Waals surface area contributed by atoms with E-state index in [0.29, 0.717) is 24.9 Å². The van der Waals surface area contributed by atoms with Gasteiger partial charge in [0.25, 0.3) is 0 Å². The average molecular weight is 558 g/mol. The molecule has 0 aliphatic rings. The van der Waals surface area contributed by atoms with Gasteiger partial charge >= 0.3 is 0 Å². The minimum atomic E-state index is -0.252. The third-order valence-corrected chi connectivity index (χ3v) is 7.38. The molecule has 7 heteroatoms. The monoisotopic (exact) mass is 558 g/mol. The highest BCUT2D eigenvalue weighted by atomic mass is 16.3. The summed E-state index contributed by atoms with van der Waals surface area (Å²) in [7, 11) is 0. The lowest BCUT2D eigenvalue weighted by atomic mass is 9.88. The predicted octanol–water partition coefficient (Wildman–Crippen LogP) is 3.85. The van der Waals surface area contributed by atoms with Crippen LogP contribution in [0.15, 0.2) is 0 Å². The highest BCUT2D eigenvalue weighted by Gasteiger charge is 2.15. The lowest BCUT2D eigenvalue weighted by Crippen LogP contribution is -2.38. The van der Waals surface area contributed by atoms with Crippen LogP contribution in [0.25, 0.3) is 0 Å². The van der Waals surface area contributed by atoms with Crippen LogP contribution < -0.4 is 26.6 Å². The van der Waals surface area contributed by atoms with Crippen LogP contribution in [-0.2, 0) is 0 Å². The van der Waals surface area contributed by atoms with Crippen molar-refractivity contribution in [3.8, 4) is 0 Å². The molecule has 0 aliphatic heterocycles. The predicted molar refractivity (Wildman–Crippen MR) is 170 cm³/mol.